The van der Waals surface area contributed by atoms with Crippen molar-refractivity contribution in [2.24, 2.45) is 0 Å². The van der Waals surface area contributed by atoms with Crippen molar-refractivity contribution in [3.8, 4) is 5.75 Å². The molecule has 0 bridgehead atoms. The van der Waals surface area contributed by atoms with Gasteiger partial charge in [-0.3, -0.25) is 20.2 Å². The molecule has 0 aromatic heterocycles. The molecule has 0 fully saturated rings. The summed E-state index contributed by atoms with van der Waals surface area (Å²) in [6.07, 6.45) is 1.62. The number of anilines is 1. The van der Waals surface area contributed by atoms with Crippen LogP contribution >= 0.6 is 12.2 Å². The van der Waals surface area contributed by atoms with Gasteiger partial charge in [-0.05, 0) is 36.5 Å². The highest BCUT2D eigenvalue weighted by Crippen LogP contribution is 2.23. The molecule has 0 atom stereocenters. The molecule has 2 rings (SSSR count). The number of para-hydroxylation sites is 2. The number of non-ortho nitro benzene ring substituents is 1. The Balaban J connectivity index is 2.01. The average Bonchev–Trinajstić information content (AvgIpc) is 2.61. The fourth-order valence-corrected chi connectivity index (χ4v) is 2.11. The Morgan fingerprint density at radius 2 is 1.92 bits per heavy atom. The summed E-state index contributed by atoms with van der Waals surface area (Å²) in [5.41, 5.74) is 0.759. The molecule has 2 aromatic rings. The van der Waals surface area contributed by atoms with Gasteiger partial charge in [-0.1, -0.05) is 24.8 Å². The maximum atomic E-state index is 12.1. The predicted molar refractivity (Wildman–Crippen MR) is 98.9 cm³/mol. The lowest BCUT2D eigenvalue weighted by atomic mass is 10.2. The Kier molecular flexibility index (Phi) is 6.19. The third-order valence-corrected chi connectivity index (χ3v) is 3.26. The number of carbonyl (C=O) groups is 1. The zero-order valence-corrected chi connectivity index (χ0v) is 13.9. The van der Waals surface area contributed by atoms with Crippen LogP contribution in [0.5, 0.6) is 5.75 Å². The lowest BCUT2D eigenvalue weighted by Crippen LogP contribution is -2.34. The number of carbonyl (C=O) groups excluding carboxylic acids is 1. The van der Waals surface area contributed by atoms with Crippen LogP contribution in [0.25, 0.3) is 0 Å². The number of thiocarbonyl (C=S) groups is 1. The van der Waals surface area contributed by atoms with Gasteiger partial charge in [0.2, 0.25) is 0 Å². The molecule has 0 saturated carbocycles. The Bertz CT molecular complexity index is 806. The zero-order valence-electron chi connectivity index (χ0n) is 13.1. The maximum Gasteiger partial charge on any atom is 0.269 e. The van der Waals surface area contributed by atoms with E-state index < -0.39 is 10.8 Å². The van der Waals surface area contributed by atoms with Gasteiger partial charge in [0.25, 0.3) is 11.6 Å². The third-order valence-electron chi connectivity index (χ3n) is 3.06. The van der Waals surface area contributed by atoms with E-state index in [0.717, 1.165) is 0 Å². The molecule has 0 aliphatic heterocycles. The highest BCUT2D eigenvalue weighted by molar-refractivity contribution is 7.80. The zero-order chi connectivity index (χ0) is 18.2. The van der Waals surface area contributed by atoms with E-state index in [9.17, 15) is 14.9 Å². The maximum absolute atomic E-state index is 12.1. The number of hydrogen-bond acceptors (Lipinski definition) is 5. The van der Waals surface area contributed by atoms with Gasteiger partial charge < -0.3 is 10.1 Å². The van der Waals surface area contributed by atoms with Crippen LogP contribution in [0.2, 0.25) is 0 Å². The van der Waals surface area contributed by atoms with Crippen molar-refractivity contribution >= 4 is 34.6 Å². The number of benzene rings is 2. The second kappa shape index (κ2) is 8.55. The first-order valence-electron chi connectivity index (χ1n) is 7.21. The second-order valence-corrected chi connectivity index (χ2v) is 5.22. The predicted octanol–water partition coefficient (Wildman–Crippen LogP) is 3.29. The molecule has 8 heteroatoms. The van der Waals surface area contributed by atoms with E-state index in [1.54, 1.807) is 24.3 Å². The second-order valence-electron chi connectivity index (χ2n) is 4.81. The van der Waals surface area contributed by atoms with Crippen LogP contribution in [-0.4, -0.2) is 22.5 Å². The van der Waals surface area contributed by atoms with E-state index in [1.807, 2.05) is 6.07 Å². The van der Waals surface area contributed by atoms with Gasteiger partial charge in [-0.25, -0.2) is 0 Å². The van der Waals surface area contributed by atoms with E-state index in [1.165, 1.54) is 24.3 Å². The SMILES string of the molecule is C=CCOc1ccccc1NC(=S)NC(=O)c1ccc([N+](=O)[O-])cc1. The van der Waals surface area contributed by atoms with Gasteiger partial charge in [-0.15, -0.1) is 0 Å². The van der Waals surface area contributed by atoms with E-state index in [2.05, 4.69) is 17.2 Å². The molecule has 0 aliphatic rings. The van der Waals surface area contributed by atoms with Crippen molar-refractivity contribution < 1.29 is 14.5 Å². The van der Waals surface area contributed by atoms with Crippen molar-refractivity contribution in [3.05, 3.63) is 76.9 Å². The first-order valence-corrected chi connectivity index (χ1v) is 7.61. The fraction of sp³-hybridized carbons (Fsp3) is 0.0588. The van der Waals surface area contributed by atoms with Crippen molar-refractivity contribution in [2.45, 2.75) is 0 Å². The number of nitrogens with one attached hydrogen (secondary N) is 2. The molecular formula is C17H15N3O4S. The third kappa shape index (κ3) is 5.11. The summed E-state index contributed by atoms with van der Waals surface area (Å²) in [6.45, 7) is 3.92. The smallest absolute Gasteiger partial charge is 0.269 e. The van der Waals surface area contributed by atoms with Gasteiger partial charge in [0.1, 0.15) is 12.4 Å². The van der Waals surface area contributed by atoms with Crippen LogP contribution < -0.4 is 15.4 Å². The van der Waals surface area contributed by atoms with Crippen molar-refractivity contribution in [2.75, 3.05) is 11.9 Å². The normalized spacial score (nSPS) is 9.76. The minimum absolute atomic E-state index is 0.0815. The lowest BCUT2D eigenvalue weighted by Gasteiger charge is -2.13. The summed E-state index contributed by atoms with van der Waals surface area (Å²) in [5.74, 6) is 0.0891. The Labute approximate surface area is 149 Å². The number of hydrogen-bond donors (Lipinski definition) is 2. The van der Waals surface area contributed by atoms with Crippen LogP contribution in [0.1, 0.15) is 10.4 Å². The molecule has 1 amide bonds. The molecule has 0 unspecified atom stereocenters. The molecule has 2 N–H and O–H groups in total. The fourth-order valence-electron chi connectivity index (χ4n) is 1.91. The molecule has 0 heterocycles. The summed E-state index contributed by atoms with van der Waals surface area (Å²) < 4.78 is 5.50. The first-order chi connectivity index (χ1) is 12.0. The van der Waals surface area contributed by atoms with Crippen LogP contribution in [0.4, 0.5) is 11.4 Å². The number of nitrogens with zero attached hydrogens (tertiary/aromatic N) is 1. The van der Waals surface area contributed by atoms with Gasteiger partial charge >= 0.3 is 0 Å². The molecule has 128 valence electrons. The van der Waals surface area contributed by atoms with Gasteiger partial charge in [0, 0.05) is 17.7 Å². The van der Waals surface area contributed by atoms with E-state index in [-0.39, 0.29) is 16.4 Å². The van der Waals surface area contributed by atoms with Gasteiger partial charge in [-0.2, -0.15) is 0 Å². The quantitative estimate of drug-likeness (QED) is 0.357. The van der Waals surface area contributed by atoms with Crippen LogP contribution in [-0.2, 0) is 0 Å². The minimum Gasteiger partial charge on any atom is -0.487 e. The number of amides is 1. The summed E-state index contributed by atoms with van der Waals surface area (Å²) in [4.78, 5) is 22.2. The highest BCUT2D eigenvalue weighted by Gasteiger charge is 2.12. The number of nitro groups is 1. The lowest BCUT2D eigenvalue weighted by molar-refractivity contribution is -0.384. The molecular weight excluding hydrogens is 342 g/mol. The molecule has 2 aromatic carbocycles. The van der Waals surface area contributed by atoms with E-state index >= 15 is 0 Å². The average molecular weight is 357 g/mol. The Hall–Kier alpha value is -3.26. The Morgan fingerprint density at radius 1 is 1.24 bits per heavy atom. The van der Waals surface area contributed by atoms with Crippen molar-refractivity contribution in [1.29, 1.82) is 0 Å². The largest absolute Gasteiger partial charge is 0.487 e. The van der Waals surface area contributed by atoms with Gasteiger partial charge in [0.15, 0.2) is 5.11 Å². The number of rotatable bonds is 6. The minimum atomic E-state index is -0.534. The molecule has 0 spiro atoms. The first kappa shape index (κ1) is 18.1. The van der Waals surface area contributed by atoms with Crippen LogP contribution in [0.15, 0.2) is 61.2 Å². The monoisotopic (exact) mass is 357 g/mol. The topological polar surface area (TPSA) is 93.5 Å². The molecule has 7 nitrogen and oxygen atoms in total. The number of ether oxygens (including phenoxy) is 1. The highest BCUT2D eigenvalue weighted by atomic mass is 32.1. The van der Waals surface area contributed by atoms with Crippen molar-refractivity contribution in [1.82, 2.24) is 5.32 Å². The molecule has 0 radical (unpaired) electrons. The molecule has 0 saturated heterocycles. The standard InChI is InChI=1S/C17H15N3O4S/c1-2-11-24-15-6-4-3-5-14(15)18-17(25)19-16(21)12-7-9-13(10-8-12)20(22)23/h2-10H,1,11H2,(H2,18,19,21,25). The molecule has 25 heavy (non-hydrogen) atoms. The van der Waals surface area contributed by atoms with Crippen molar-refractivity contribution in [3.63, 3.8) is 0 Å². The summed E-state index contributed by atoms with van der Waals surface area (Å²) in [5, 5.41) is 16.1. The van der Waals surface area contributed by atoms with E-state index in [0.29, 0.717) is 18.0 Å². The Morgan fingerprint density at radius 3 is 2.56 bits per heavy atom. The molecule has 0 aliphatic carbocycles. The van der Waals surface area contributed by atoms with Crippen LogP contribution in [0, 0.1) is 10.1 Å². The van der Waals surface area contributed by atoms with Crippen LogP contribution in [0.3, 0.4) is 0 Å². The summed E-state index contributed by atoms with van der Waals surface area (Å²) in [7, 11) is 0. The summed E-state index contributed by atoms with van der Waals surface area (Å²) >= 11 is 5.12. The van der Waals surface area contributed by atoms with Gasteiger partial charge in [0.05, 0.1) is 10.6 Å². The number of nitro benzene ring substituents is 1. The summed E-state index contributed by atoms with van der Waals surface area (Å²) in [6, 6.07) is 12.3. The van der Waals surface area contributed by atoms with E-state index in [4.69, 9.17) is 17.0 Å².